The largest absolute Gasteiger partial charge is 0.419 e. The number of ether oxygens (including phenoxy) is 1. The van der Waals surface area contributed by atoms with Gasteiger partial charge < -0.3 is 15.0 Å². The Morgan fingerprint density at radius 3 is 2.46 bits per heavy atom. The molecular formula is C23H24F4N6O2. The Bertz CT molecular complexity index is 1180. The molecule has 35 heavy (non-hydrogen) atoms. The van der Waals surface area contributed by atoms with E-state index < -0.39 is 23.6 Å². The molecule has 3 heterocycles. The number of rotatable bonds is 5. The van der Waals surface area contributed by atoms with Gasteiger partial charge in [0, 0.05) is 44.3 Å². The molecule has 0 spiro atoms. The van der Waals surface area contributed by atoms with E-state index in [1.807, 2.05) is 13.8 Å². The van der Waals surface area contributed by atoms with E-state index in [4.69, 9.17) is 4.74 Å². The van der Waals surface area contributed by atoms with Crippen molar-refractivity contribution in [2.75, 3.05) is 18.4 Å². The number of aryl methyl sites for hydroxylation is 1. The zero-order valence-electron chi connectivity index (χ0n) is 19.3. The summed E-state index contributed by atoms with van der Waals surface area (Å²) in [5, 5.41) is 7.26. The number of carbonyl (C=O) groups is 1. The van der Waals surface area contributed by atoms with Gasteiger partial charge in [-0.25, -0.2) is 14.4 Å². The van der Waals surface area contributed by atoms with Gasteiger partial charge >= 0.3 is 6.18 Å². The average molecular weight is 492 g/mol. The van der Waals surface area contributed by atoms with Crippen molar-refractivity contribution in [2.24, 2.45) is 7.05 Å². The number of carbonyl (C=O) groups excluding carboxylic acids is 1. The van der Waals surface area contributed by atoms with Crippen molar-refractivity contribution in [3.05, 3.63) is 59.9 Å². The highest BCUT2D eigenvalue weighted by Crippen LogP contribution is 2.29. The maximum Gasteiger partial charge on any atom is 0.419 e. The van der Waals surface area contributed by atoms with Gasteiger partial charge in [-0.05, 0) is 31.5 Å². The molecule has 1 saturated heterocycles. The van der Waals surface area contributed by atoms with Crippen molar-refractivity contribution in [1.82, 2.24) is 24.6 Å². The zero-order valence-corrected chi connectivity index (χ0v) is 19.3. The molecule has 3 atom stereocenters. The molecule has 0 aliphatic carbocycles. The van der Waals surface area contributed by atoms with Gasteiger partial charge in [-0.3, -0.25) is 9.48 Å². The quantitative estimate of drug-likeness (QED) is 0.546. The van der Waals surface area contributed by atoms with Crippen LogP contribution in [0.15, 0.2) is 42.9 Å². The summed E-state index contributed by atoms with van der Waals surface area (Å²) in [6.07, 6.45) is -2.08. The lowest BCUT2D eigenvalue weighted by Crippen LogP contribution is -2.58. The normalized spacial score (nSPS) is 20.7. The van der Waals surface area contributed by atoms with Crippen molar-refractivity contribution in [2.45, 2.75) is 38.3 Å². The summed E-state index contributed by atoms with van der Waals surface area (Å²) < 4.78 is 59.2. The number of hydrogen-bond acceptors (Lipinski definition) is 6. The smallest absolute Gasteiger partial charge is 0.372 e. The maximum atomic E-state index is 13.7. The molecule has 0 bridgehead atoms. The molecule has 1 aromatic carbocycles. The second-order valence-corrected chi connectivity index (χ2v) is 8.42. The highest BCUT2D eigenvalue weighted by molar-refractivity contribution is 5.99. The van der Waals surface area contributed by atoms with Crippen LogP contribution in [0.2, 0.25) is 0 Å². The third kappa shape index (κ3) is 5.42. The van der Waals surface area contributed by atoms with Crippen molar-refractivity contribution in [3.8, 4) is 11.1 Å². The minimum absolute atomic E-state index is 0.000980. The Hall–Kier alpha value is -3.54. The molecule has 0 saturated carbocycles. The Morgan fingerprint density at radius 2 is 1.83 bits per heavy atom. The Kier molecular flexibility index (Phi) is 6.75. The number of amides is 1. The van der Waals surface area contributed by atoms with Crippen LogP contribution in [0.5, 0.6) is 0 Å². The fourth-order valence-corrected chi connectivity index (χ4v) is 4.06. The summed E-state index contributed by atoms with van der Waals surface area (Å²) in [7, 11) is 1.69. The van der Waals surface area contributed by atoms with Crippen LogP contribution in [-0.2, 0) is 18.0 Å². The first-order valence-corrected chi connectivity index (χ1v) is 10.9. The van der Waals surface area contributed by atoms with Crippen LogP contribution in [-0.4, -0.2) is 61.9 Å². The highest BCUT2D eigenvalue weighted by Gasteiger charge is 2.38. The number of nitrogens with zero attached hydrogens (tertiary/aromatic N) is 5. The van der Waals surface area contributed by atoms with E-state index in [1.54, 1.807) is 30.3 Å². The SMILES string of the molecule is C[C@@H]1CN(C(=O)c2nn(C)cc2-c2ccc(F)cc2)[C@H](CNc2ncc(C(F)(F)F)cn2)[C@H](C)O1. The summed E-state index contributed by atoms with van der Waals surface area (Å²) in [5.74, 6) is -0.730. The Labute approximate surface area is 198 Å². The van der Waals surface area contributed by atoms with Crippen molar-refractivity contribution < 1.29 is 27.1 Å². The predicted molar refractivity (Wildman–Crippen MR) is 119 cm³/mol. The number of aromatic nitrogens is 4. The monoisotopic (exact) mass is 492 g/mol. The Morgan fingerprint density at radius 1 is 1.17 bits per heavy atom. The second-order valence-electron chi connectivity index (χ2n) is 8.42. The minimum Gasteiger partial charge on any atom is -0.372 e. The van der Waals surface area contributed by atoms with Gasteiger partial charge in [0.15, 0.2) is 5.69 Å². The van der Waals surface area contributed by atoms with Crippen molar-refractivity contribution >= 4 is 11.9 Å². The number of benzene rings is 1. The lowest BCUT2D eigenvalue weighted by Gasteiger charge is -2.42. The third-order valence-electron chi connectivity index (χ3n) is 5.74. The van der Waals surface area contributed by atoms with E-state index >= 15 is 0 Å². The summed E-state index contributed by atoms with van der Waals surface area (Å²) in [4.78, 5) is 22.8. The van der Waals surface area contributed by atoms with E-state index in [2.05, 4.69) is 20.4 Å². The lowest BCUT2D eigenvalue weighted by molar-refractivity contribution is -0.138. The second kappa shape index (κ2) is 9.61. The number of halogens is 4. The topological polar surface area (TPSA) is 85.2 Å². The van der Waals surface area contributed by atoms with E-state index in [1.165, 1.54) is 16.8 Å². The molecule has 0 radical (unpaired) electrons. The van der Waals surface area contributed by atoms with E-state index in [-0.39, 0.29) is 42.8 Å². The number of hydrogen-bond donors (Lipinski definition) is 1. The molecule has 1 amide bonds. The molecule has 186 valence electrons. The van der Waals surface area contributed by atoms with Gasteiger partial charge in [-0.15, -0.1) is 0 Å². The van der Waals surface area contributed by atoms with Gasteiger partial charge in [0.1, 0.15) is 5.82 Å². The van der Waals surface area contributed by atoms with Crippen LogP contribution in [0.1, 0.15) is 29.9 Å². The van der Waals surface area contributed by atoms with Crippen LogP contribution in [0, 0.1) is 5.82 Å². The van der Waals surface area contributed by atoms with Crippen molar-refractivity contribution in [1.29, 1.82) is 0 Å². The van der Waals surface area contributed by atoms with Gasteiger partial charge in [0.05, 0.1) is 23.8 Å². The van der Waals surface area contributed by atoms with Crippen LogP contribution in [0.25, 0.3) is 11.1 Å². The number of morpholine rings is 1. The number of nitrogens with one attached hydrogen (secondary N) is 1. The van der Waals surface area contributed by atoms with E-state index in [0.717, 1.165) is 0 Å². The molecule has 8 nitrogen and oxygen atoms in total. The summed E-state index contributed by atoms with van der Waals surface area (Å²) in [5.41, 5.74) is 0.454. The van der Waals surface area contributed by atoms with Crippen LogP contribution in [0.3, 0.4) is 0 Å². The first-order chi connectivity index (χ1) is 16.5. The summed E-state index contributed by atoms with van der Waals surface area (Å²) in [6, 6.07) is 5.30. The number of alkyl halides is 3. The highest BCUT2D eigenvalue weighted by atomic mass is 19.4. The molecular weight excluding hydrogens is 468 g/mol. The zero-order chi connectivity index (χ0) is 25.3. The van der Waals surface area contributed by atoms with Crippen molar-refractivity contribution in [3.63, 3.8) is 0 Å². The van der Waals surface area contributed by atoms with Crippen LogP contribution in [0.4, 0.5) is 23.5 Å². The first kappa shape index (κ1) is 24.6. The fourth-order valence-electron chi connectivity index (χ4n) is 4.06. The van der Waals surface area contributed by atoms with Crippen LogP contribution < -0.4 is 5.32 Å². The molecule has 0 unspecified atom stereocenters. The molecule has 1 aliphatic rings. The molecule has 12 heteroatoms. The molecule has 2 aromatic heterocycles. The van der Waals surface area contributed by atoms with Crippen LogP contribution >= 0.6 is 0 Å². The van der Waals surface area contributed by atoms with Gasteiger partial charge in [-0.1, -0.05) is 12.1 Å². The van der Waals surface area contributed by atoms with Gasteiger partial charge in [0.25, 0.3) is 5.91 Å². The molecule has 1 N–H and O–H groups in total. The predicted octanol–water partition coefficient (Wildman–Crippen LogP) is 3.77. The van der Waals surface area contributed by atoms with E-state index in [9.17, 15) is 22.4 Å². The maximum absolute atomic E-state index is 13.7. The molecule has 4 rings (SSSR count). The minimum atomic E-state index is -4.53. The fraction of sp³-hybridized carbons (Fsp3) is 0.391. The standard InChI is InChI=1S/C23H24F4N6O2/c1-13-11-33(21(34)20-18(12-32(3)31-20)15-4-6-17(24)7-5-15)19(14(2)35-13)10-30-22-28-8-16(9-29-22)23(25,26)27/h4-9,12-14,19H,10-11H2,1-3H3,(H,28,29,30)/t13-,14+,19-/m1/s1. The van der Waals surface area contributed by atoms with Gasteiger partial charge in [-0.2, -0.15) is 18.3 Å². The van der Waals surface area contributed by atoms with E-state index in [0.29, 0.717) is 23.5 Å². The molecule has 1 aliphatic heterocycles. The summed E-state index contributed by atoms with van der Waals surface area (Å²) in [6.45, 7) is 4.08. The molecule has 3 aromatic rings. The van der Waals surface area contributed by atoms with Gasteiger partial charge in [0.2, 0.25) is 5.95 Å². The lowest BCUT2D eigenvalue weighted by atomic mass is 10.0. The molecule has 1 fully saturated rings. The summed E-state index contributed by atoms with van der Waals surface area (Å²) >= 11 is 0. The third-order valence-corrected chi connectivity index (χ3v) is 5.74. The number of anilines is 1. The first-order valence-electron chi connectivity index (χ1n) is 10.9. The average Bonchev–Trinajstić information content (AvgIpc) is 3.19. The Balaban J connectivity index is 1.57.